The van der Waals surface area contributed by atoms with E-state index >= 15 is 0 Å². The largest absolute Gasteiger partial charge is 0.459 e. The van der Waals surface area contributed by atoms with Crippen LogP contribution in [-0.4, -0.2) is 23.1 Å². The predicted octanol–water partition coefficient (Wildman–Crippen LogP) is 2.26. The summed E-state index contributed by atoms with van der Waals surface area (Å²) in [5.41, 5.74) is -1.22. The molecule has 0 aliphatic rings. The molecule has 0 aromatic rings. The molecule has 0 rings (SSSR count). The third-order valence-corrected chi connectivity index (χ3v) is 1.41. The number of rotatable bonds is 2. The Morgan fingerprint density at radius 1 is 0.750 bits per heavy atom. The summed E-state index contributed by atoms with van der Waals surface area (Å²) in [6, 6.07) is 0. The zero-order valence-electron chi connectivity index (χ0n) is 11.1. The van der Waals surface area contributed by atoms with Crippen LogP contribution < -0.4 is 0 Å². The van der Waals surface area contributed by atoms with Crippen LogP contribution in [0.4, 0.5) is 0 Å². The van der Waals surface area contributed by atoms with E-state index in [0.717, 1.165) is 0 Å². The lowest BCUT2D eigenvalue weighted by Crippen LogP contribution is -2.34. The Kier molecular flexibility index (Phi) is 4.53. The first-order valence-electron chi connectivity index (χ1n) is 5.22. The molecule has 93 valence electrons. The van der Waals surface area contributed by atoms with E-state index in [1.807, 2.05) is 0 Å². The molecule has 16 heavy (non-hydrogen) atoms. The van der Waals surface area contributed by atoms with Gasteiger partial charge in [-0.25, -0.2) is 0 Å². The summed E-state index contributed by atoms with van der Waals surface area (Å²) >= 11 is 0. The van der Waals surface area contributed by atoms with Gasteiger partial charge in [0.25, 0.3) is 0 Å². The number of carbonyl (C=O) groups excluding carboxylic acids is 2. The van der Waals surface area contributed by atoms with Gasteiger partial charge in [0.15, 0.2) is 5.92 Å². The summed E-state index contributed by atoms with van der Waals surface area (Å²) in [6.45, 7) is 11.9. The van der Waals surface area contributed by atoms with E-state index in [1.54, 1.807) is 41.5 Å². The fraction of sp³-hybridized carbons (Fsp3) is 0.750. The van der Waals surface area contributed by atoms with Gasteiger partial charge in [-0.15, -0.1) is 0 Å². The van der Waals surface area contributed by atoms with Crippen molar-refractivity contribution in [2.45, 2.75) is 59.7 Å². The highest BCUT2D eigenvalue weighted by atomic mass is 16.6. The van der Waals surface area contributed by atoms with Crippen LogP contribution in [0.1, 0.15) is 48.5 Å². The minimum Gasteiger partial charge on any atom is -0.459 e. The molecule has 4 heteroatoms. The summed E-state index contributed by atoms with van der Waals surface area (Å²) in [4.78, 5) is 23.1. The van der Waals surface area contributed by atoms with E-state index in [4.69, 9.17) is 9.47 Å². The van der Waals surface area contributed by atoms with Crippen molar-refractivity contribution in [1.82, 2.24) is 0 Å². The molecule has 0 saturated carbocycles. The van der Waals surface area contributed by atoms with E-state index < -0.39 is 23.1 Å². The van der Waals surface area contributed by atoms with Gasteiger partial charge in [0, 0.05) is 0 Å². The predicted molar refractivity (Wildman–Crippen MR) is 60.6 cm³/mol. The number of hydrogen-bond donors (Lipinski definition) is 0. The van der Waals surface area contributed by atoms with Gasteiger partial charge in [0.1, 0.15) is 11.2 Å². The van der Waals surface area contributed by atoms with Crippen molar-refractivity contribution in [2.24, 2.45) is 0 Å². The van der Waals surface area contributed by atoms with Crippen LogP contribution in [0.3, 0.4) is 0 Å². The van der Waals surface area contributed by atoms with Gasteiger partial charge < -0.3 is 9.47 Å². The van der Waals surface area contributed by atoms with Crippen LogP contribution in [-0.2, 0) is 19.1 Å². The molecule has 0 saturated heterocycles. The minimum atomic E-state index is -0.637. The number of esters is 2. The van der Waals surface area contributed by atoms with E-state index in [9.17, 15) is 9.59 Å². The highest BCUT2D eigenvalue weighted by molar-refractivity contribution is 6.09. The van der Waals surface area contributed by atoms with Crippen molar-refractivity contribution in [3.8, 4) is 0 Å². The van der Waals surface area contributed by atoms with Crippen LogP contribution in [0.5, 0.6) is 0 Å². The molecule has 4 nitrogen and oxygen atoms in total. The third kappa shape index (κ3) is 6.43. The summed E-state index contributed by atoms with van der Waals surface area (Å²) in [7, 11) is 0. The first kappa shape index (κ1) is 14.9. The fourth-order valence-electron chi connectivity index (χ4n) is 0.793. The first-order chi connectivity index (χ1) is 6.92. The molecule has 0 aromatic heterocycles. The molecule has 0 aliphatic carbocycles. The molecule has 0 N–H and O–H groups in total. The first-order valence-corrected chi connectivity index (χ1v) is 5.22. The van der Waals surface area contributed by atoms with Gasteiger partial charge >= 0.3 is 11.9 Å². The standard InChI is InChI=1S/C12H21O4/c1-8(9(13)15-11(2,3)4)10(14)16-12(5,6)7/h1-7H3. The highest BCUT2D eigenvalue weighted by Gasteiger charge is 2.31. The van der Waals surface area contributed by atoms with Crippen molar-refractivity contribution in [2.75, 3.05) is 0 Å². The van der Waals surface area contributed by atoms with Gasteiger partial charge in [-0.1, -0.05) is 0 Å². The number of carbonyl (C=O) groups is 2. The van der Waals surface area contributed by atoms with Crippen molar-refractivity contribution < 1.29 is 19.1 Å². The smallest absolute Gasteiger partial charge is 0.325 e. The lowest BCUT2D eigenvalue weighted by Gasteiger charge is -2.24. The lowest BCUT2D eigenvalue weighted by atomic mass is 10.1. The Morgan fingerprint density at radius 3 is 1.19 bits per heavy atom. The molecule has 1 radical (unpaired) electrons. The second-order valence-corrected chi connectivity index (χ2v) is 5.63. The molecule has 0 heterocycles. The van der Waals surface area contributed by atoms with Crippen LogP contribution >= 0.6 is 0 Å². The molecule has 0 aromatic carbocycles. The van der Waals surface area contributed by atoms with E-state index in [1.165, 1.54) is 6.92 Å². The molecular formula is C12H21O4. The molecule has 0 amide bonds. The molecule has 0 spiro atoms. The van der Waals surface area contributed by atoms with Crippen molar-refractivity contribution in [3.05, 3.63) is 5.92 Å². The van der Waals surface area contributed by atoms with Crippen molar-refractivity contribution >= 4 is 11.9 Å². The maximum Gasteiger partial charge on any atom is 0.325 e. The average Bonchev–Trinajstić information content (AvgIpc) is 1.96. The zero-order chi connectivity index (χ0) is 13.1. The second-order valence-electron chi connectivity index (χ2n) is 5.63. The normalized spacial score (nSPS) is 12.5. The summed E-state index contributed by atoms with van der Waals surface area (Å²) in [5, 5.41) is 0. The molecule has 0 unspecified atom stereocenters. The Labute approximate surface area is 97.3 Å². The Bertz CT molecular complexity index is 240. The van der Waals surface area contributed by atoms with Gasteiger partial charge in [-0.3, -0.25) is 9.59 Å². The molecule has 0 atom stereocenters. The topological polar surface area (TPSA) is 52.6 Å². The SMILES string of the molecule is C[C](C(=O)OC(C)(C)C)C(=O)OC(C)(C)C. The summed E-state index contributed by atoms with van der Waals surface area (Å²) in [6.07, 6.45) is 0. The van der Waals surface area contributed by atoms with Gasteiger partial charge in [0.2, 0.25) is 0 Å². The highest BCUT2D eigenvalue weighted by Crippen LogP contribution is 2.16. The molecule has 0 fully saturated rings. The molecular weight excluding hydrogens is 208 g/mol. The van der Waals surface area contributed by atoms with Gasteiger partial charge in [-0.2, -0.15) is 0 Å². The summed E-state index contributed by atoms with van der Waals surface area (Å²) in [5.74, 6) is -1.31. The third-order valence-electron chi connectivity index (χ3n) is 1.41. The maximum absolute atomic E-state index is 11.5. The second kappa shape index (κ2) is 4.85. The Hall–Kier alpha value is -1.06. The van der Waals surface area contributed by atoms with E-state index in [0.29, 0.717) is 0 Å². The average molecular weight is 229 g/mol. The number of hydrogen-bond acceptors (Lipinski definition) is 4. The summed E-state index contributed by atoms with van der Waals surface area (Å²) < 4.78 is 10.1. The number of ether oxygens (including phenoxy) is 2. The maximum atomic E-state index is 11.5. The van der Waals surface area contributed by atoms with Crippen LogP contribution in [0.25, 0.3) is 0 Å². The van der Waals surface area contributed by atoms with E-state index in [2.05, 4.69) is 0 Å². The Morgan fingerprint density at radius 2 is 1.00 bits per heavy atom. The van der Waals surface area contributed by atoms with Gasteiger partial charge in [0.05, 0.1) is 0 Å². The van der Waals surface area contributed by atoms with Crippen LogP contribution in [0, 0.1) is 5.92 Å². The van der Waals surface area contributed by atoms with Crippen LogP contribution in [0.15, 0.2) is 0 Å². The van der Waals surface area contributed by atoms with Crippen LogP contribution in [0.2, 0.25) is 0 Å². The molecule has 0 aliphatic heterocycles. The van der Waals surface area contributed by atoms with Gasteiger partial charge in [-0.05, 0) is 48.5 Å². The minimum absolute atomic E-state index is 0.0372. The fourth-order valence-corrected chi connectivity index (χ4v) is 0.793. The van der Waals surface area contributed by atoms with Crippen molar-refractivity contribution in [3.63, 3.8) is 0 Å². The van der Waals surface area contributed by atoms with E-state index in [-0.39, 0.29) is 5.92 Å². The molecule has 0 bridgehead atoms. The zero-order valence-corrected chi connectivity index (χ0v) is 11.1. The Balaban J connectivity index is 4.40. The quantitative estimate of drug-likeness (QED) is 0.538. The lowest BCUT2D eigenvalue weighted by molar-refractivity contribution is -0.162. The van der Waals surface area contributed by atoms with Crippen molar-refractivity contribution in [1.29, 1.82) is 0 Å². The monoisotopic (exact) mass is 229 g/mol.